The van der Waals surface area contributed by atoms with Gasteiger partial charge >= 0.3 is 5.97 Å². The Balaban J connectivity index is 2.48. The number of hydrogen-bond donors (Lipinski definition) is 1. The summed E-state index contributed by atoms with van der Waals surface area (Å²) in [4.78, 5) is 11.7. The van der Waals surface area contributed by atoms with Gasteiger partial charge in [0.05, 0.1) is 6.10 Å². The van der Waals surface area contributed by atoms with E-state index in [2.05, 4.69) is 19.1 Å². The summed E-state index contributed by atoms with van der Waals surface area (Å²) in [6, 6.07) is 0. The Morgan fingerprint density at radius 1 is 1.36 bits per heavy atom. The topological polar surface area (TPSA) is 55.8 Å². The number of carbonyl (C=O) groups excluding carboxylic acids is 1. The van der Waals surface area contributed by atoms with Crippen molar-refractivity contribution >= 4 is 5.97 Å². The van der Waals surface area contributed by atoms with Gasteiger partial charge < -0.3 is 14.6 Å². The van der Waals surface area contributed by atoms with Crippen LogP contribution in [0.15, 0.2) is 36.5 Å². The number of hydrogen-bond acceptors (Lipinski definition) is 4. The van der Waals surface area contributed by atoms with Gasteiger partial charge in [-0.2, -0.15) is 0 Å². The Bertz CT molecular complexity index is 439. The maximum atomic E-state index is 11.7. The fourth-order valence-corrected chi connectivity index (χ4v) is 2.70. The SMILES string of the molecule is CCCCC/C=C\C[C@@H](O)[C@H](/C=C/[C@H]1C/C=C\CCCC(=O)O1)OC. The minimum absolute atomic E-state index is 0.164. The summed E-state index contributed by atoms with van der Waals surface area (Å²) in [5, 5.41) is 10.3. The van der Waals surface area contributed by atoms with E-state index in [4.69, 9.17) is 9.47 Å². The van der Waals surface area contributed by atoms with Crippen LogP contribution in [-0.4, -0.2) is 36.5 Å². The fraction of sp³-hybridized carbons (Fsp3) is 0.667. The quantitative estimate of drug-likeness (QED) is 0.358. The monoisotopic (exact) mass is 350 g/mol. The van der Waals surface area contributed by atoms with Crippen molar-refractivity contribution in [3.63, 3.8) is 0 Å². The van der Waals surface area contributed by atoms with Crippen molar-refractivity contribution in [2.24, 2.45) is 0 Å². The molecule has 25 heavy (non-hydrogen) atoms. The maximum Gasteiger partial charge on any atom is 0.306 e. The van der Waals surface area contributed by atoms with Gasteiger partial charge in [-0.05, 0) is 38.2 Å². The van der Waals surface area contributed by atoms with E-state index in [1.54, 1.807) is 13.2 Å². The fourth-order valence-electron chi connectivity index (χ4n) is 2.70. The van der Waals surface area contributed by atoms with Gasteiger partial charge in [0, 0.05) is 20.0 Å². The van der Waals surface area contributed by atoms with Gasteiger partial charge in [-0.25, -0.2) is 0 Å². The predicted octanol–water partition coefficient (Wildman–Crippen LogP) is 4.49. The zero-order valence-corrected chi connectivity index (χ0v) is 15.7. The number of rotatable bonds is 10. The molecule has 0 bridgehead atoms. The first-order valence-electron chi connectivity index (χ1n) is 9.56. The minimum Gasteiger partial charge on any atom is -0.458 e. The van der Waals surface area contributed by atoms with Crippen molar-refractivity contribution in [3.05, 3.63) is 36.5 Å². The molecule has 3 atom stereocenters. The number of carbonyl (C=O) groups is 1. The van der Waals surface area contributed by atoms with Crippen LogP contribution in [0.1, 0.15) is 64.7 Å². The highest BCUT2D eigenvalue weighted by atomic mass is 16.5. The Morgan fingerprint density at radius 3 is 2.96 bits per heavy atom. The maximum absolute atomic E-state index is 11.7. The Labute approximate surface area is 152 Å². The standard InChI is InChI=1S/C21H34O4/c1-3-4-5-6-7-11-14-19(22)20(24-2)17-16-18-13-10-8-9-12-15-21(23)25-18/h7-8,10-11,16-20,22H,3-6,9,12-15H2,1-2H3/b10-8-,11-7-,17-16+/t18-,19-,20+/m1/s1. The molecule has 0 aliphatic carbocycles. The Kier molecular flexibility index (Phi) is 12.0. The number of methoxy groups -OCH3 is 1. The molecule has 0 fully saturated rings. The molecule has 1 N–H and O–H groups in total. The van der Waals surface area contributed by atoms with Gasteiger partial charge in [-0.15, -0.1) is 0 Å². The van der Waals surface area contributed by atoms with Crippen LogP contribution >= 0.6 is 0 Å². The molecule has 0 saturated heterocycles. The molecule has 1 rings (SSSR count). The van der Waals surface area contributed by atoms with Gasteiger partial charge in [0.25, 0.3) is 0 Å². The number of allylic oxidation sites excluding steroid dienone is 2. The molecule has 0 spiro atoms. The lowest BCUT2D eigenvalue weighted by Crippen LogP contribution is -2.26. The first-order valence-corrected chi connectivity index (χ1v) is 9.56. The lowest BCUT2D eigenvalue weighted by atomic mass is 10.1. The summed E-state index contributed by atoms with van der Waals surface area (Å²) < 4.78 is 10.8. The van der Waals surface area contributed by atoms with Crippen LogP contribution in [0.2, 0.25) is 0 Å². The molecule has 1 heterocycles. The highest BCUT2D eigenvalue weighted by Crippen LogP contribution is 2.13. The van der Waals surface area contributed by atoms with Crippen LogP contribution in [0.3, 0.4) is 0 Å². The normalized spacial score (nSPS) is 23.0. The van der Waals surface area contributed by atoms with Crippen molar-refractivity contribution in [1.29, 1.82) is 0 Å². The molecule has 4 nitrogen and oxygen atoms in total. The van der Waals surface area contributed by atoms with Crippen molar-refractivity contribution in [2.75, 3.05) is 7.11 Å². The average Bonchev–Trinajstić information content (AvgIpc) is 2.70. The van der Waals surface area contributed by atoms with Crippen LogP contribution in [0.4, 0.5) is 0 Å². The molecule has 1 aliphatic heterocycles. The third-order valence-corrected chi connectivity index (χ3v) is 4.25. The predicted molar refractivity (Wildman–Crippen MR) is 101 cm³/mol. The smallest absolute Gasteiger partial charge is 0.306 e. The average molecular weight is 350 g/mol. The molecule has 142 valence electrons. The molecule has 0 aromatic carbocycles. The van der Waals surface area contributed by atoms with Crippen molar-refractivity contribution < 1.29 is 19.4 Å². The number of esters is 1. The van der Waals surface area contributed by atoms with Crippen LogP contribution in [-0.2, 0) is 14.3 Å². The van der Waals surface area contributed by atoms with Crippen molar-refractivity contribution in [2.45, 2.75) is 83.0 Å². The van der Waals surface area contributed by atoms with E-state index in [0.29, 0.717) is 19.3 Å². The van der Waals surface area contributed by atoms with Gasteiger partial charge in [0.1, 0.15) is 12.2 Å². The zero-order chi connectivity index (χ0) is 18.3. The lowest BCUT2D eigenvalue weighted by Gasteiger charge is -2.18. The Morgan fingerprint density at radius 2 is 2.20 bits per heavy atom. The molecular weight excluding hydrogens is 316 g/mol. The molecule has 0 amide bonds. The number of aliphatic hydroxyl groups excluding tert-OH is 1. The van der Waals surface area contributed by atoms with Crippen molar-refractivity contribution in [3.8, 4) is 0 Å². The van der Waals surface area contributed by atoms with Gasteiger partial charge in [0.15, 0.2) is 0 Å². The second-order valence-electron chi connectivity index (χ2n) is 6.48. The lowest BCUT2D eigenvalue weighted by molar-refractivity contribution is -0.146. The first kappa shape index (κ1) is 21.7. The summed E-state index contributed by atoms with van der Waals surface area (Å²) in [6.07, 6.45) is 18.7. The highest BCUT2D eigenvalue weighted by Gasteiger charge is 2.16. The first-order chi connectivity index (χ1) is 12.2. The summed E-state index contributed by atoms with van der Waals surface area (Å²) in [6.45, 7) is 2.19. The van der Waals surface area contributed by atoms with Crippen LogP contribution in [0, 0.1) is 0 Å². The molecule has 1 aliphatic rings. The van der Waals surface area contributed by atoms with Crippen LogP contribution < -0.4 is 0 Å². The third kappa shape index (κ3) is 10.3. The zero-order valence-electron chi connectivity index (χ0n) is 15.7. The highest BCUT2D eigenvalue weighted by molar-refractivity contribution is 5.69. The van der Waals surface area contributed by atoms with Crippen LogP contribution in [0.25, 0.3) is 0 Å². The molecule has 0 saturated carbocycles. The summed E-state index contributed by atoms with van der Waals surface area (Å²) >= 11 is 0. The molecule has 0 radical (unpaired) electrons. The van der Waals surface area contributed by atoms with E-state index in [1.165, 1.54) is 19.3 Å². The molecule has 4 heteroatoms. The largest absolute Gasteiger partial charge is 0.458 e. The van der Waals surface area contributed by atoms with Crippen molar-refractivity contribution in [1.82, 2.24) is 0 Å². The van der Waals surface area contributed by atoms with E-state index in [9.17, 15) is 9.90 Å². The molecule has 0 aromatic rings. The van der Waals surface area contributed by atoms with E-state index in [-0.39, 0.29) is 12.1 Å². The summed E-state index contributed by atoms with van der Waals surface area (Å²) in [7, 11) is 1.58. The van der Waals surface area contributed by atoms with E-state index in [1.807, 2.05) is 18.2 Å². The van der Waals surface area contributed by atoms with Gasteiger partial charge in [0.2, 0.25) is 0 Å². The van der Waals surface area contributed by atoms with Crippen LogP contribution in [0.5, 0.6) is 0 Å². The minimum atomic E-state index is -0.605. The second kappa shape index (κ2) is 13.9. The third-order valence-electron chi connectivity index (χ3n) is 4.25. The number of aliphatic hydroxyl groups is 1. The number of ether oxygens (including phenoxy) is 2. The number of unbranched alkanes of at least 4 members (excludes halogenated alkanes) is 3. The molecule has 0 unspecified atom stereocenters. The molecular formula is C21H34O4. The van der Waals surface area contributed by atoms with E-state index in [0.717, 1.165) is 19.3 Å². The Hall–Kier alpha value is -1.39. The van der Waals surface area contributed by atoms with E-state index >= 15 is 0 Å². The number of cyclic esters (lactones) is 1. The molecule has 0 aromatic heterocycles. The van der Waals surface area contributed by atoms with Gasteiger partial charge in [-0.3, -0.25) is 4.79 Å². The van der Waals surface area contributed by atoms with E-state index < -0.39 is 12.2 Å². The summed E-state index contributed by atoms with van der Waals surface area (Å²) in [5.41, 5.74) is 0. The summed E-state index contributed by atoms with van der Waals surface area (Å²) in [5.74, 6) is -0.164. The van der Waals surface area contributed by atoms with Gasteiger partial charge in [-0.1, -0.05) is 50.1 Å². The second-order valence-corrected chi connectivity index (χ2v) is 6.48.